The van der Waals surface area contributed by atoms with Gasteiger partial charge >= 0.3 is 0 Å². The maximum Gasteiger partial charge on any atom is 0.261 e. The van der Waals surface area contributed by atoms with Crippen molar-refractivity contribution >= 4 is 48.9 Å². The first kappa shape index (κ1) is 22.8. The minimum absolute atomic E-state index is 0.0193. The van der Waals surface area contributed by atoms with Gasteiger partial charge in [0.25, 0.3) is 15.9 Å². The van der Waals surface area contributed by atoms with E-state index in [4.69, 9.17) is 16.7 Å². The second-order valence-electron chi connectivity index (χ2n) is 6.60. The Labute approximate surface area is 185 Å². The maximum absolute atomic E-state index is 12.5. The lowest BCUT2D eigenvalue weighted by Crippen LogP contribution is -2.16. The van der Waals surface area contributed by atoms with Crippen LogP contribution in [0.3, 0.4) is 0 Å². The largest absolute Gasteiger partial charge is 0.322 e. The Morgan fingerprint density at radius 3 is 2.13 bits per heavy atom. The normalized spacial score (nSPS) is 11.7. The second kappa shape index (κ2) is 9.06. The SMILES string of the molecule is NS(=O)(=O)Cc1cccc(NC(=O)c2ccc(S(=O)(=O)Nc3ccc(Cl)cc3)cc2)c1. The molecule has 4 N–H and O–H groups in total. The lowest BCUT2D eigenvalue weighted by Gasteiger charge is -2.10. The molecule has 11 heteroatoms. The molecule has 0 radical (unpaired) electrons. The first-order chi connectivity index (χ1) is 14.5. The van der Waals surface area contributed by atoms with Gasteiger partial charge in [-0.2, -0.15) is 0 Å². The Kier molecular flexibility index (Phi) is 6.65. The summed E-state index contributed by atoms with van der Waals surface area (Å²) in [5, 5.41) is 8.15. The molecule has 0 heterocycles. The summed E-state index contributed by atoms with van der Waals surface area (Å²) in [6.07, 6.45) is 0. The number of amides is 1. The molecule has 3 aromatic rings. The van der Waals surface area contributed by atoms with Crippen LogP contribution in [0.1, 0.15) is 15.9 Å². The minimum atomic E-state index is -3.84. The molecule has 0 bridgehead atoms. The molecular weight excluding hydrogens is 462 g/mol. The van der Waals surface area contributed by atoms with E-state index < -0.39 is 26.0 Å². The van der Waals surface area contributed by atoms with E-state index in [1.54, 1.807) is 30.3 Å². The molecule has 0 aliphatic carbocycles. The van der Waals surface area contributed by atoms with Gasteiger partial charge in [0.2, 0.25) is 10.0 Å². The Balaban J connectivity index is 1.71. The topological polar surface area (TPSA) is 135 Å². The fourth-order valence-corrected chi connectivity index (χ4v) is 4.52. The van der Waals surface area contributed by atoms with Gasteiger partial charge in [-0.15, -0.1) is 0 Å². The molecule has 0 saturated carbocycles. The van der Waals surface area contributed by atoms with Gasteiger partial charge in [-0.3, -0.25) is 9.52 Å². The van der Waals surface area contributed by atoms with Crippen molar-refractivity contribution in [2.75, 3.05) is 10.0 Å². The Morgan fingerprint density at radius 2 is 1.52 bits per heavy atom. The van der Waals surface area contributed by atoms with Crippen molar-refractivity contribution in [2.45, 2.75) is 10.6 Å². The highest BCUT2D eigenvalue weighted by atomic mass is 35.5. The summed E-state index contributed by atoms with van der Waals surface area (Å²) in [5.74, 6) is -0.841. The van der Waals surface area contributed by atoms with Gasteiger partial charge in [-0.1, -0.05) is 23.7 Å². The van der Waals surface area contributed by atoms with Crippen LogP contribution in [0, 0.1) is 0 Å². The van der Waals surface area contributed by atoms with E-state index >= 15 is 0 Å². The first-order valence-electron chi connectivity index (χ1n) is 8.81. The van der Waals surface area contributed by atoms with E-state index in [1.807, 2.05) is 0 Å². The molecule has 8 nitrogen and oxygen atoms in total. The van der Waals surface area contributed by atoms with E-state index in [1.165, 1.54) is 42.5 Å². The predicted molar refractivity (Wildman–Crippen MR) is 120 cm³/mol. The average molecular weight is 480 g/mol. The van der Waals surface area contributed by atoms with E-state index in [2.05, 4.69) is 10.0 Å². The highest BCUT2D eigenvalue weighted by Crippen LogP contribution is 2.19. The molecule has 0 spiro atoms. The van der Waals surface area contributed by atoms with E-state index in [0.29, 0.717) is 22.0 Å². The third-order valence-corrected chi connectivity index (χ3v) is 6.46. The standard InChI is InChI=1S/C20H18ClN3O5S2/c21-16-6-8-17(9-7-16)24-31(28,29)19-10-4-15(5-11-19)20(25)23-18-3-1-2-14(12-18)13-30(22,26)27/h1-12,24H,13H2,(H,23,25)(H2,22,26,27). The van der Waals surface area contributed by atoms with Crippen LogP contribution >= 0.6 is 11.6 Å². The molecule has 0 aromatic heterocycles. The molecule has 1 amide bonds. The van der Waals surface area contributed by atoms with Crippen molar-refractivity contribution < 1.29 is 21.6 Å². The number of carbonyl (C=O) groups is 1. The summed E-state index contributed by atoms with van der Waals surface area (Å²) >= 11 is 5.79. The van der Waals surface area contributed by atoms with E-state index in [0.717, 1.165) is 0 Å². The van der Waals surface area contributed by atoms with Crippen LogP contribution in [0.4, 0.5) is 11.4 Å². The third kappa shape index (κ3) is 6.53. The van der Waals surface area contributed by atoms with Gasteiger partial charge in [0.1, 0.15) is 0 Å². The summed E-state index contributed by atoms with van der Waals surface area (Å²) in [6.45, 7) is 0. The van der Waals surface area contributed by atoms with Crippen molar-refractivity contribution in [3.05, 3.63) is 88.9 Å². The van der Waals surface area contributed by atoms with Crippen molar-refractivity contribution in [3.8, 4) is 0 Å². The van der Waals surface area contributed by atoms with Crippen molar-refractivity contribution in [3.63, 3.8) is 0 Å². The number of primary sulfonamides is 1. The number of carbonyl (C=O) groups excluding carboxylic acids is 1. The maximum atomic E-state index is 12.5. The second-order valence-corrected chi connectivity index (χ2v) is 10.3. The summed E-state index contributed by atoms with van der Waals surface area (Å²) in [6, 6.07) is 17.8. The molecule has 162 valence electrons. The molecule has 0 atom stereocenters. The van der Waals surface area contributed by atoms with Crippen LogP contribution in [0.25, 0.3) is 0 Å². The number of nitrogens with one attached hydrogen (secondary N) is 2. The van der Waals surface area contributed by atoms with Crippen LogP contribution in [-0.4, -0.2) is 22.7 Å². The highest BCUT2D eigenvalue weighted by molar-refractivity contribution is 7.92. The molecule has 31 heavy (non-hydrogen) atoms. The van der Waals surface area contributed by atoms with Gasteiger partial charge in [-0.25, -0.2) is 22.0 Å². The molecule has 0 aliphatic heterocycles. The van der Waals surface area contributed by atoms with Crippen LogP contribution in [-0.2, 0) is 25.8 Å². The number of benzene rings is 3. The molecule has 3 aromatic carbocycles. The van der Waals surface area contributed by atoms with Crippen molar-refractivity contribution in [1.29, 1.82) is 0 Å². The Bertz CT molecular complexity index is 1310. The van der Waals surface area contributed by atoms with E-state index in [9.17, 15) is 21.6 Å². The Morgan fingerprint density at radius 1 is 0.871 bits per heavy atom. The zero-order chi connectivity index (χ0) is 22.6. The summed E-state index contributed by atoms with van der Waals surface area (Å²) in [4.78, 5) is 12.4. The van der Waals surface area contributed by atoms with Gasteiger partial charge in [0, 0.05) is 22.0 Å². The smallest absolute Gasteiger partial charge is 0.261 e. The monoisotopic (exact) mass is 479 g/mol. The number of sulfonamides is 2. The zero-order valence-corrected chi connectivity index (χ0v) is 18.3. The van der Waals surface area contributed by atoms with Crippen LogP contribution in [0.15, 0.2) is 77.7 Å². The predicted octanol–water partition coefficient (Wildman–Crippen LogP) is 3.18. The summed E-state index contributed by atoms with van der Waals surface area (Å²) < 4.78 is 49.9. The van der Waals surface area contributed by atoms with E-state index in [-0.39, 0.29) is 16.2 Å². The lowest BCUT2D eigenvalue weighted by atomic mass is 10.2. The van der Waals surface area contributed by atoms with Gasteiger partial charge in [0.15, 0.2) is 0 Å². The lowest BCUT2D eigenvalue weighted by molar-refractivity contribution is 0.102. The number of rotatable bonds is 7. The minimum Gasteiger partial charge on any atom is -0.322 e. The molecular formula is C20H18ClN3O5S2. The number of halogens is 1. The zero-order valence-electron chi connectivity index (χ0n) is 15.9. The first-order valence-corrected chi connectivity index (χ1v) is 12.4. The summed E-state index contributed by atoms with van der Waals surface area (Å²) in [7, 11) is -7.54. The van der Waals surface area contributed by atoms with Crippen LogP contribution in [0.5, 0.6) is 0 Å². The number of hydrogen-bond acceptors (Lipinski definition) is 5. The number of anilines is 2. The summed E-state index contributed by atoms with van der Waals surface area (Å²) in [5.41, 5.74) is 1.38. The van der Waals surface area contributed by atoms with Gasteiger partial charge in [-0.05, 0) is 66.2 Å². The van der Waals surface area contributed by atoms with Crippen LogP contribution < -0.4 is 15.2 Å². The molecule has 0 saturated heterocycles. The molecule has 0 fully saturated rings. The molecule has 0 aliphatic rings. The number of nitrogens with two attached hydrogens (primary N) is 1. The van der Waals surface area contributed by atoms with Crippen molar-refractivity contribution in [2.24, 2.45) is 5.14 Å². The fourth-order valence-electron chi connectivity index (χ4n) is 2.69. The molecule has 0 unspecified atom stereocenters. The fraction of sp³-hybridized carbons (Fsp3) is 0.0500. The molecule has 3 rings (SSSR count). The van der Waals surface area contributed by atoms with Gasteiger partial charge < -0.3 is 5.32 Å². The van der Waals surface area contributed by atoms with Crippen LogP contribution in [0.2, 0.25) is 5.02 Å². The quantitative estimate of drug-likeness (QED) is 0.478. The van der Waals surface area contributed by atoms with Crippen molar-refractivity contribution in [1.82, 2.24) is 0 Å². The Hall–Kier alpha value is -2.92. The van der Waals surface area contributed by atoms with Gasteiger partial charge in [0.05, 0.1) is 10.6 Å². The number of hydrogen-bond donors (Lipinski definition) is 3. The third-order valence-electron chi connectivity index (χ3n) is 4.08. The highest BCUT2D eigenvalue weighted by Gasteiger charge is 2.16. The average Bonchev–Trinajstić information content (AvgIpc) is 2.69.